The summed E-state index contributed by atoms with van der Waals surface area (Å²) in [5.74, 6) is 0.490. The van der Waals surface area contributed by atoms with Gasteiger partial charge in [0.1, 0.15) is 10.3 Å². The van der Waals surface area contributed by atoms with Crippen molar-refractivity contribution in [2.24, 2.45) is 5.73 Å². The van der Waals surface area contributed by atoms with Crippen LogP contribution in [-0.4, -0.2) is 35.9 Å². The zero-order valence-electron chi connectivity index (χ0n) is 14.1. The molecule has 3 N–H and O–H groups in total. The van der Waals surface area contributed by atoms with Gasteiger partial charge in [0.15, 0.2) is 0 Å². The number of halogens is 7. The lowest BCUT2D eigenvalue weighted by Gasteiger charge is -2.03. The highest BCUT2D eigenvalue weighted by Crippen LogP contribution is 2.06. The third-order valence-corrected chi connectivity index (χ3v) is 3.29. The number of pyridine rings is 2. The smallest absolute Gasteiger partial charge is 0.250 e. The highest BCUT2D eigenvalue weighted by atomic mass is 35.5. The zero-order chi connectivity index (χ0) is 20.7. The largest absolute Gasteiger partial charge is 0.325 e. The molecule has 30 heavy (non-hydrogen) atoms. The summed E-state index contributed by atoms with van der Waals surface area (Å²) in [6.45, 7) is -0.447. The molecule has 0 amide bonds. The van der Waals surface area contributed by atoms with Gasteiger partial charge in [-0.15, -0.1) is 11.6 Å². The van der Waals surface area contributed by atoms with Gasteiger partial charge in [-0.1, -0.05) is 57.6 Å². The quantitative estimate of drug-likeness (QED) is 0.265. The van der Waals surface area contributed by atoms with E-state index in [0.29, 0.717) is 22.7 Å². The summed E-state index contributed by atoms with van der Waals surface area (Å²) in [5, 5.41) is 3.49. The van der Waals surface area contributed by atoms with E-state index in [1.807, 2.05) is 6.07 Å². The molecule has 2 heterocycles. The molecule has 11 heteroatoms. The Morgan fingerprint density at radius 2 is 1.27 bits per heavy atom. The second-order valence-electron chi connectivity index (χ2n) is 4.76. The Balaban J connectivity index is -0.000000176. The Morgan fingerprint density at radius 3 is 1.57 bits per heavy atom. The molecule has 0 atom stereocenters. The second-order valence-corrected chi connectivity index (χ2v) is 5.80. The van der Waals surface area contributed by atoms with Gasteiger partial charge in [-0.25, -0.2) is 27.5 Å². The van der Waals surface area contributed by atoms with Gasteiger partial charge in [-0.2, -0.15) is 0 Å². The van der Waals surface area contributed by atoms with Gasteiger partial charge in [0.25, 0.3) is 12.9 Å². The van der Waals surface area contributed by atoms with Gasteiger partial charge >= 0.3 is 0 Å². The Labute approximate surface area is 192 Å². The van der Waals surface area contributed by atoms with Crippen molar-refractivity contribution in [3.05, 3.63) is 58.1 Å². The number of aromatic nitrogens is 2. The van der Waals surface area contributed by atoms with Crippen molar-refractivity contribution in [3.63, 3.8) is 0 Å². The van der Waals surface area contributed by atoms with Crippen molar-refractivity contribution in [1.29, 1.82) is 0 Å². The Kier molecular flexibility index (Phi) is 27.1. The van der Waals surface area contributed by atoms with E-state index in [0.717, 1.165) is 11.1 Å². The molecule has 0 aliphatic carbocycles. The van der Waals surface area contributed by atoms with Crippen molar-refractivity contribution >= 4 is 34.8 Å². The standard InChI is InChI=1S/C8H9ClF2N2.C6H5Cl2N.C2H5F2N.3CH4/c9-7-2-1-6(4-13-7)3-12-5-8(10)11;7-3-5-1-2-6(8)9-4-5;3-2(4)1-5;;;/h1-2,4,8,12H,3,5H2;1-2,4H,3H2;2H,1,5H2;3*1H4. The molecule has 0 fully saturated rings. The molecule has 0 aromatic carbocycles. The summed E-state index contributed by atoms with van der Waals surface area (Å²) >= 11 is 16.6. The Hall–Kier alpha value is -1.19. The van der Waals surface area contributed by atoms with Crippen molar-refractivity contribution < 1.29 is 17.6 Å². The molecule has 4 nitrogen and oxygen atoms in total. The number of hydrogen-bond donors (Lipinski definition) is 2. The fourth-order valence-electron chi connectivity index (χ4n) is 1.32. The summed E-state index contributed by atoms with van der Waals surface area (Å²) in [6.07, 6.45) is -1.44. The van der Waals surface area contributed by atoms with Crippen LogP contribution in [0.1, 0.15) is 33.4 Å². The van der Waals surface area contributed by atoms with Crippen LogP contribution in [0, 0.1) is 0 Å². The minimum atomic E-state index is -2.34. The minimum Gasteiger partial charge on any atom is -0.325 e. The predicted molar refractivity (Wildman–Crippen MR) is 121 cm³/mol. The number of nitrogens with zero attached hydrogens (tertiary/aromatic N) is 2. The molecule has 176 valence electrons. The summed E-state index contributed by atoms with van der Waals surface area (Å²) in [6, 6.07) is 6.94. The number of nitrogens with one attached hydrogen (secondary N) is 1. The molecule has 0 radical (unpaired) electrons. The average Bonchev–Trinajstić information content (AvgIpc) is 2.65. The van der Waals surface area contributed by atoms with Crippen LogP contribution in [0.2, 0.25) is 10.3 Å². The van der Waals surface area contributed by atoms with E-state index in [9.17, 15) is 17.6 Å². The first-order valence-corrected chi connectivity index (χ1v) is 8.81. The Bertz CT molecular complexity index is 604. The molecule has 0 unspecified atom stereocenters. The van der Waals surface area contributed by atoms with Gasteiger partial charge in [-0.05, 0) is 23.3 Å². The molecule has 0 bridgehead atoms. The van der Waals surface area contributed by atoms with E-state index in [1.165, 1.54) is 0 Å². The SMILES string of the molecule is C.C.C.ClCc1ccc(Cl)nc1.FC(F)CNCc1ccc(Cl)nc1.NCC(F)F. The van der Waals surface area contributed by atoms with Crippen molar-refractivity contribution in [2.75, 3.05) is 13.1 Å². The lowest BCUT2D eigenvalue weighted by Crippen LogP contribution is -2.20. The number of rotatable bonds is 6. The van der Waals surface area contributed by atoms with Crippen LogP contribution in [0.15, 0.2) is 36.7 Å². The number of alkyl halides is 5. The first kappa shape index (κ1) is 36.2. The van der Waals surface area contributed by atoms with Crippen LogP contribution in [-0.2, 0) is 12.4 Å². The van der Waals surface area contributed by atoms with Gasteiger partial charge < -0.3 is 11.1 Å². The van der Waals surface area contributed by atoms with Crippen LogP contribution in [0.25, 0.3) is 0 Å². The van der Waals surface area contributed by atoms with Gasteiger partial charge in [0.05, 0.1) is 13.1 Å². The maximum Gasteiger partial charge on any atom is 0.250 e. The fourth-order valence-corrected chi connectivity index (χ4v) is 1.70. The molecule has 0 aliphatic heterocycles. The summed E-state index contributed by atoms with van der Waals surface area (Å²) < 4.78 is 44.7. The lowest BCUT2D eigenvalue weighted by molar-refractivity contribution is 0.145. The average molecular weight is 498 g/mol. The van der Waals surface area contributed by atoms with Crippen molar-refractivity contribution in [2.45, 2.75) is 47.6 Å². The molecule has 2 aromatic heterocycles. The first-order chi connectivity index (χ1) is 12.8. The highest BCUT2D eigenvalue weighted by molar-refractivity contribution is 6.29. The van der Waals surface area contributed by atoms with Gasteiger partial charge in [-0.3, -0.25) is 0 Å². The minimum absolute atomic E-state index is 0. The molecular weight excluding hydrogens is 467 g/mol. The third kappa shape index (κ3) is 21.5. The topological polar surface area (TPSA) is 63.8 Å². The first-order valence-electron chi connectivity index (χ1n) is 7.52. The van der Waals surface area contributed by atoms with E-state index < -0.39 is 19.4 Å². The van der Waals surface area contributed by atoms with Crippen LogP contribution >= 0.6 is 34.8 Å². The summed E-state index contributed by atoms with van der Waals surface area (Å²) in [5.41, 5.74) is 6.25. The predicted octanol–water partition coefficient (Wildman–Crippen LogP) is 6.68. The summed E-state index contributed by atoms with van der Waals surface area (Å²) in [7, 11) is 0. The molecule has 0 aliphatic rings. The van der Waals surface area contributed by atoms with Crippen molar-refractivity contribution in [3.8, 4) is 0 Å². The van der Waals surface area contributed by atoms with E-state index in [-0.39, 0.29) is 28.8 Å². The normalized spacial score (nSPS) is 9.13. The maximum absolute atomic E-state index is 11.7. The maximum atomic E-state index is 11.7. The van der Waals surface area contributed by atoms with E-state index in [2.05, 4.69) is 21.0 Å². The molecule has 0 saturated carbocycles. The summed E-state index contributed by atoms with van der Waals surface area (Å²) in [4.78, 5) is 7.65. The van der Waals surface area contributed by atoms with Crippen LogP contribution in [0.4, 0.5) is 17.6 Å². The molecule has 0 saturated heterocycles. The number of hydrogen-bond acceptors (Lipinski definition) is 4. The second kappa shape index (κ2) is 22.5. The molecular formula is C19H31Cl3F4N4. The van der Waals surface area contributed by atoms with Crippen LogP contribution in [0.5, 0.6) is 0 Å². The van der Waals surface area contributed by atoms with E-state index >= 15 is 0 Å². The molecule has 2 rings (SSSR count). The Morgan fingerprint density at radius 1 is 0.833 bits per heavy atom. The van der Waals surface area contributed by atoms with Crippen molar-refractivity contribution in [1.82, 2.24) is 15.3 Å². The van der Waals surface area contributed by atoms with Crippen LogP contribution in [0.3, 0.4) is 0 Å². The van der Waals surface area contributed by atoms with Gasteiger partial charge in [0, 0.05) is 24.8 Å². The molecule has 0 spiro atoms. The van der Waals surface area contributed by atoms with E-state index in [1.54, 1.807) is 30.6 Å². The van der Waals surface area contributed by atoms with Crippen LogP contribution < -0.4 is 11.1 Å². The van der Waals surface area contributed by atoms with Gasteiger partial charge in [0.2, 0.25) is 0 Å². The number of nitrogens with two attached hydrogens (primary N) is 1. The third-order valence-electron chi connectivity index (χ3n) is 2.54. The fraction of sp³-hybridized carbons (Fsp3) is 0.474. The van der Waals surface area contributed by atoms with E-state index in [4.69, 9.17) is 34.8 Å². The zero-order valence-corrected chi connectivity index (χ0v) is 16.3. The molecule has 2 aromatic rings. The highest BCUT2D eigenvalue weighted by Gasteiger charge is 2.00. The lowest BCUT2D eigenvalue weighted by atomic mass is 10.3. The monoisotopic (exact) mass is 496 g/mol.